The van der Waals surface area contributed by atoms with E-state index in [1.54, 1.807) is 9.25 Å². The molecule has 1 aliphatic heterocycles. The number of ether oxygens (including phenoxy) is 1. The van der Waals surface area contributed by atoms with E-state index in [0.29, 0.717) is 32.5 Å². The first-order valence-corrected chi connectivity index (χ1v) is 14.2. The predicted octanol–water partition coefficient (Wildman–Crippen LogP) is 2.43. The molecule has 43 heavy (non-hydrogen) atoms. The summed E-state index contributed by atoms with van der Waals surface area (Å²) < 4.78 is 9.30. The lowest BCUT2D eigenvalue weighted by Crippen LogP contribution is -2.32. The first kappa shape index (κ1) is 27.9. The van der Waals surface area contributed by atoms with E-state index in [9.17, 15) is 9.59 Å². The van der Waals surface area contributed by atoms with Crippen molar-refractivity contribution >= 4 is 28.7 Å². The first-order chi connectivity index (χ1) is 20.9. The molecule has 1 atom stereocenters. The van der Waals surface area contributed by atoms with Gasteiger partial charge in [-0.2, -0.15) is 0 Å². The Morgan fingerprint density at radius 3 is 2.65 bits per heavy atom. The molecular formula is C31H33N9O3. The van der Waals surface area contributed by atoms with E-state index < -0.39 is 5.91 Å². The van der Waals surface area contributed by atoms with Crippen LogP contribution in [0.15, 0.2) is 66.7 Å². The average molecular weight is 580 g/mol. The number of nitrogens with one attached hydrogen (secondary N) is 2. The highest BCUT2D eigenvalue weighted by atomic mass is 16.5. The molecule has 220 valence electrons. The zero-order chi connectivity index (χ0) is 29.9. The minimum absolute atomic E-state index is 0.0371. The van der Waals surface area contributed by atoms with Crippen molar-refractivity contribution < 1.29 is 14.3 Å². The number of fused-ring (bicyclic) bond motifs is 2. The normalized spacial score (nSPS) is 13.0. The zero-order valence-corrected chi connectivity index (χ0v) is 23.8. The highest BCUT2D eigenvalue weighted by molar-refractivity contribution is 6.00. The first-order valence-electron chi connectivity index (χ1n) is 14.2. The largest absolute Gasteiger partial charge is 0.491 e. The van der Waals surface area contributed by atoms with Crippen LogP contribution in [0.3, 0.4) is 0 Å². The molecule has 12 heteroatoms. The van der Waals surface area contributed by atoms with E-state index in [0.717, 1.165) is 39.2 Å². The summed E-state index contributed by atoms with van der Waals surface area (Å²) in [5.74, 6) is -0.188. The SMILES string of the molecule is CCNC(=O)c1c(NC[C@H](N)Cc2ccccc2)nc(C(N)=O)n1Cc1cc2c(c(-n3nnc4ccccc43)c1)OCC2. The quantitative estimate of drug-likeness (QED) is 0.185. The van der Waals surface area contributed by atoms with E-state index in [2.05, 4.69) is 25.9 Å². The number of primary amides is 1. The van der Waals surface area contributed by atoms with Crippen molar-refractivity contribution in [3.05, 3.63) is 94.9 Å². The maximum atomic E-state index is 13.4. The molecule has 3 heterocycles. The highest BCUT2D eigenvalue weighted by Gasteiger charge is 2.27. The van der Waals surface area contributed by atoms with Gasteiger partial charge in [0.05, 0.1) is 18.7 Å². The van der Waals surface area contributed by atoms with Gasteiger partial charge in [-0.15, -0.1) is 5.10 Å². The Hall–Kier alpha value is -5.23. The van der Waals surface area contributed by atoms with Crippen molar-refractivity contribution in [1.82, 2.24) is 29.9 Å². The Labute approximate surface area is 248 Å². The summed E-state index contributed by atoms with van der Waals surface area (Å²) >= 11 is 0. The number of hydrogen-bond donors (Lipinski definition) is 4. The van der Waals surface area contributed by atoms with Gasteiger partial charge in [-0.3, -0.25) is 9.59 Å². The molecule has 3 aromatic carbocycles. The van der Waals surface area contributed by atoms with E-state index >= 15 is 0 Å². The molecule has 6 rings (SSSR count). The van der Waals surface area contributed by atoms with Gasteiger partial charge in [-0.1, -0.05) is 53.7 Å². The summed E-state index contributed by atoms with van der Waals surface area (Å²) in [6, 6.07) is 21.3. The van der Waals surface area contributed by atoms with Crippen LogP contribution in [-0.4, -0.2) is 62.1 Å². The number of nitrogens with two attached hydrogens (primary N) is 2. The number of aromatic nitrogens is 5. The third-order valence-corrected chi connectivity index (χ3v) is 7.36. The number of imidazole rings is 1. The molecule has 0 radical (unpaired) electrons. The van der Waals surface area contributed by atoms with Crippen molar-refractivity contribution in [3.8, 4) is 11.4 Å². The molecule has 6 N–H and O–H groups in total. The standard InChI is InChI=1S/C31H33N9O3/c1-2-34-31(42)26-29(35-17-22(32)15-19-8-4-3-5-9-19)36-30(28(33)41)39(26)18-20-14-21-12-13-43-27(21)25(16-20)40-24-11-7-6-10-23(24)37-38-40/h3-11,14,16,22,35H,2,12-13,15,17-18,32H2,1H3,(H2,33,41)(H,34,42)/t22-/m1/s1. The lowest BCUT2D eigenvalue weighted by atomic mass is 10.1. The van der Waals surface area contributed by atoms with Crippen molar-refractivity contribution in [3.63, 3.8) is 0 Å². The van der Waals surface area contributed by atoms with E-state index in [4.69, 9.17) is 16.2 Å². The lowest BCUT2D eigenvalue weighted by Gasteiger charge is -2.16. The minimum Gasteiger partial charge on any atom is -0.491 e. The smallest absolute Gasteiger partial charge is 0.284 e. The average Bonchev–Trinajstić information content (AvgIpc) is 3.73. The second-order valence-electron chi connectivity index (χ2n) is 10.5. The molecule has 0 saturated heterocycles. The monoisotopic (exact) mass is 579 g/mol. The van der Waals surface area contributed by atoms with Gasteiger partial charge < -0.3 is 31.4 Å². The molecule has 0 spiro atoms. The number of rotatable bonds is 11. The molecule has 2 amide bonds. The third kappa shape index (κ3) is 5.64. The molecule has 0 bridgehead atoms. The Bertz CT molecular complexity index is 1800. The summed E-state index contributed by atoms with van der Waals surface area (Å²) in [5, 5.41) is 14.7. The van der Waals surface area contributed by atoms with Crippen LogP contribution in [0.2, 0.25) is 0 Å². The maximum absolute atomic E-state index is 13.4. The van der Waals surface area contributed by atoms with Gasteiger partial charge in [0.15, 0.2) is 11.5 Å². The van der Waals surface area contributed by atoms with Crippen LogP contribution < -0.4 is 26.8 Å². The van der Waals surface area contributed by atoms with E-state index in [1.165, 1.54) is 0 Å². The van der Waals surface area contributed by atoms with Crippen LogP contribution in [0, 0.1) is 0 Å². The van der Waals surface area contributed by atoms with Gasteiger partial charge in [0.25, 0.3) is 11.8 Å². The Balaban J connectivity index is 1.37. The number of hydrogen-bond acceptors (Lipinski definition) is 8. The van der Waals surface area contributed by atoms with Crippen LogP contribution in [0.25, 0.3) is 16.7 Å². The maximum Gasteiger partial charge on any atom is 0.284 e. The number of carbonyl (C=O) groups is 2. The van der Waals surface area contributed by atoms with Crippen molar-refractivity contribution in [2.45, 2.75) is 32.4 Å². The summed E-state index contributed by atoms with van der Waals surface area (Å²) in [5.41, 5.74) is 17.6. The fraction of sp³-hybridized carbons (Fsp3) is 0.258. The van der Waals surface area contributed by atoms with E-state index in [1.807, 2.05) is 73.7 Å². The number of para-hydroxylation sites is 1. The van der Waals surface area contributed by atoms with Gasteiger partial charge in [-0.05, 0) is 42.7 Å². The lowest BCUT2D eigenvalue weighted by molar-refractivity contribution is 0.0947. The molecule has 12 nitrogen and oxygen atoms in total. The third-order valence-electron chi connectivity index (χ3n) is 7.36. The molecule has 5 aromatic rings. The fourth-order valence-electron chi connectivity index (χ4n) is 5.44. The molecular weight excluding hydrogens is 546 g/mol. The molecule has 0 fully saturated rings. The van der Waals surface area contributed by atoms with Crippen molar-refractivity contribution in [2.24, 2.45) is 11.5 Å². The van der Waals surface area contributed by atoms with Crippen LogP contribution in [0.4, 0.5) is 5.82 Å². The molecule has 0 aliphatic carbocycles. The molecule has 2 aromatic heterocycles. The molecule has 1 aliphatic rings. The summed E-state index contributed by atoms with van der Waals surface area (Å²) in [7, 11) is 0. The van der Waals surface area contributed by atoms with E-state index in [-0.39, 0.29) is 35.8 Å². The van der Waals surface area contributed by atoms with Gasteiger partial charge in [0.1, 0.15) is 17.0 Å². The van der Waals surface area contributed by atoms with Gasteiger partial charge in [0, 0.05) is 31.1 Å². The summed E-state index contributed by atoms with van der Waals surface area (Å²) in [6.45, 7) is 3.24. The highest BCUT2D eigenvalue weighted by Crippen LogP contribution is 2.35. The number of nitrogens with zero attached hydrogens (tertiary/aromatic N) is 5. The van der Waals surface area contributed by atoms with Crippen LogP contribution >= 0.6 is 0 Å². The summed E-state index contributed by atoms with van der Waals surface area (Å²) in [4.78, 5) is 30.5. The van der Waals surface area contributed by atoms with Crippen LogP contribution in [0.1, 0.15) is 44.7 Å². The topological polar surface area (TPSA) is 168 Å². The van der Waals surface area contributed by atoms with Crippen molar-refractivity contribution in [2.75, 3.05) is 25.0 Å². The Morgan fingerprint density at radius 1 is 1.07 bits per heavy atom. The molecule has 0 saturated carbocycles. The molecule has 0 unspecified atom stereocenters. The Morgan fingerprint density at radius 2 is 1.86 bits per heavy atom. The van der Waals surface area contributed by atoms with Crippen molar-refractivity contribution in [1.29, 1.82) is 0 Å². The second kappa shape index (κ2) is 11.9. The predicted molar refractivity (Wildman–Crippen MR) is 163 cm³/mol. The number of benzene rings is 3. The Kier molecular flexibility index (Phi) is 7.75. The van der Waals surface area contributed by atoms with Crippen LogP contribution in [-0.2, 0) is 19.4 Å². The number of amides is 2. The summed E-state index contributed by atoms with van der Waals surface area (Å²) in [6.07, 6.45) is 1.34. The zero-order valence-electron chi connectivity index (χ0n) is 23.8. The number of anilines is 1. The second-order valence-corrected chi connectivity index (χ2v) is 10.5. The van der Waals surface area contributed by atoms with Gasteiger partial charge in [0.2, 0.25) is 5.82 Å². The minimum atomic E-state index is -0.751. The number of carbonyl (C=O) groups excluding carboxylic acids is 2. The van der Waals surface area contributed by atoms with Crippen LogP contribution in [0.5, 0.6) is 5.75 Å². The van der Waals surface area contributed by atoms with Gasteiger partial charge in [-0.25, -0.2) is 9.67 Å². The van der Waals surface area contributed by atoms with Gasteiger partial charge >= 0.3 is 0 Å². The fourth-order valence-corrected chi connectivity index (χ4v) is 5.44.